The lowest BCUT2D eigenvalue weighted by atomic mass is 10.0. The average molecular weight is 380 g/mol. The van der Waals surface area contributed by atoms with Gasteiger partial charge in [0.05, 0.1) is 6.10 Å². The molecule has 0 radical (unpaired) electrons. The number of benzene rings is 2. The molecular weight excluding hydrogens is 353 g/mol. The first-order chi connectivity index (χ1) is 12.0. The van der Waals surface area contributed by atoms with Crippen LogP contribution in [-0.2, 0) is 12.8 Å². The predicted molar refractivity (Wildman–Crippen MR) is 104 cm³/mol. The fourth-order valence-electron chi connectivity index (χ4n) is 3.65. The maximum Gasteiger partial charge on any atom is 0.165 e. The summed E-state index contributed by atoms with van der Waals surface area (Å²) < 4.78 is 20.2. The third-order valence-corrected chi connectivity index (χ3v) is 5.14. The van der Waals surface area contributed by atoms with E-state index in [4.69, 9.17) is 4.74 Å². The van der Waals surface area contributed by atoms with Crippen molar-refractivity contribution in [2.45, 2.75) is 44.4 Å². The molecule has 3 nitrogen and oxygen atoms in total. The molecule has 26 heavy (non-hydrogen) atoms. The number of likely N-dealkylation sites (N-methyl/N-ethyl adjacent to an activating group) is 1. The molecule has 0 saturated carbocycles. The minimum atomic E-state index is -0.529. The molecule has 1 aliphatic rings. The van der Waals surface area contributed by atoms with Crippen molar-refractivity contribution in [1.29, 1.82) is 0 Å². The van der Waals surface area contributed by atoms with Gasteiger partial charge in [0.25, 0.3) is 0 Å². The van der Waals surface area contributed by atoms with E-state index in [0.29, 0.717) is 25.1 Å². The number of β-amino-alcohol motifs (C(OH)–C–C–N with tert-alkyl or cyclic N) is 1. The Hall–Kier alpha value is -1.62. The second kappa shape index (κ2) is 8.85. The number of ether oxygens (including phenoxy) is 1. The van der Waals surface area contributed by atoms with E-state index in [0.717, 1.165) is 18.4 Å². The normalized spacial score (nSPS) is 22.8. The van der Waals surface area contributed by atoms with Gasteiger partial charge < -0.3 is 9.84 Å². The van der Waals surface area contributed by atoms with Crippen molar-refractivity contribution in [1.82, 2.24) is 4.90 Å². The van der Waals surface area contributed by atoms with Crippen LogP contribution in [-0.4, -0.2) is 35.4 Å². The van der Waals surface area contributed by atoms with Crippen LogP contribution in [0.2, 0.25) is 0 Å². The number of rotatable bonds is 6. The minimum Gasteiger partial charge on any atom is -0.472 e. The molecule has 3 rings (SSSR count). The highest BCUT2D eigenvalue weighted by Crippen LogP contribution is 2.35. The monoisotopic (exact) mass is 379 g/mol. The second-order valence-corrected chi connectivity index (χ2v) is 6.88. The first-order valence-electron chi connectivity index (χ1n) is 8.93. The van der Waals surface area contributed by atoms with Crippen molar-refractivity contribution < 1.29 is 14.2 Å². The summed E-state index contributed by atoms with van der Waals surface area (Å²) in [6.07, 6.45) is 2.48. The van der Waals surface area contributed by atoms with E-state index < -0.39 is 11.8 Å². The molecule has 2 aromatic carbocycles. The van der Waals surface area contributed by atoms with E-state index in [-0.39, 0.29) is 18.2 Å². The van der Waals surface area contributed by atoms with Gasteiger partial charge >= 0.3 is 0 Å². The summed E-state index contributed by atoms with van der Waals surface area (Å²) in [7, 11) is 1.97. The number of hydrogen-bond donors (Lipinski definition) is 1. The van der Waals surface area contributed by atoms with Crippen LogP contribution < -0.4 is 4.74 Å². The number of aliphatic hydroxyl groups is 1. The number of aliphatic hydroxyl groups excluding tert-OH is 1. The molecule has 0 amide bonds. The third kappa shape index (κ3) is 4.56. The first-order valence-corrected chi connectivity index (χ1v) is 8.93. The fourth-order valence-corrected chi connectivity index (χ4v) is 3.65. The highest BCUT2D eigenvalue weighted by Gasteiger charge is 2.44. The smallest absolute Gasteiger partial charge is 0.165 e. The van der Waals surface area contributed by atoms with E-state index >= 15 is 0 Å². The third-order valence-electron chi connectivity index (χ3n) is 5.14. The molecule has 1 saturated heterocycles. The zero-order valence-electron chi connectivity index (χ0n) is 15.3. The van der Waals surface area contributed by atoms with Crippen molar-refractivity contribution in [3.05, 3.63) is 65.5 Å². The lowest BCUT2D eigenvalue weighted by Gasteiger charge is -2.36. The Bertz CT molecular complexity index is 712. The molecule has 1 aliphatic heterocycles. The van der Waals surface area contributed by atoms with Crippen LogP contribution in [0.3, 0.4) is 0 Å². The number of likely N-dealkylation sites (tertiary alicyclic amines) is 1. The maximum atomic E-state index is 13.8. The van der Waals surface area contributed by atoms with Gasteiger partial charge in [0.15, 0.2) is 5.72 Å². The van der Waals surface area contributed by atoms with Gasteiger partial charge in [0, 0.05) is 13.0 Å². The van der Waals surface area contributed by atoms with Crippen LogP contribution in [0.15, 0.2) is 48.5 Å². The van der Waals surface area contributed by atoms with Gasteiger partial charge in [0.1, 0.15) is 11.6 Å². The molecule has 2 unspecified atom stereocenters. The van der Waals surface area contributed by atoms with Gasteiger partial charge in [-0.2, -0.15) is 0 Å². The van der Waals surface area contributed by atoms with Crippen molar-refractivity contribution in [2.75, 3.05) is 13.6 Å². The Morgan fingerprint density at radius 1 is 1.19 bits per heavy atom. The molecule has 0 bridgehead atoms. The van der Waals surface area contributed by atoms with E-state index in [1.807, 2.05) is 25.2 Å². The lowest BCUT2D eigenvalue weighted by molar-refractivity contribution is -0.0472. The SMILES string of the molecule is CCC1(Oc2ccc(F)cc2CCc2ccccc2)CC(O)CN1C.Cl. The number of hydrogen-bond acceptors (Lipinski definition) is 3. The molecule has 0 spiro atoms. The van der Waals surface area contributed by atoms with Crippen LogP contribution in [0.4, 0.5) is 4.39 Å². The van der Waals surface area contributed by atoms with E-state index in [1.165, 1.54) is 11.6 Å². The first kappa shape index (κ1) is 20.7. The van der Waals surface area contributed by atoms with E-state index in [2.05, 4.69) is 24.0 Å². The summed E-state index contributed by atoms with van der Waals surface area (Å²) >= 11 is 0. The zero-order chi connectivity index (χ0) is 17.9. The van der Waals surface area contributed by atoms with Gasteiger partial charge in [-0.3, -0.25) is 4.90 Å². The zero-order valence-corrected chi connectivity index (χ0v) is 16.1. The van der Waals surface area contributed by atoms with Crippen molar-refractivity contribution in [2.24, 2.45) is 0 Å². The minimum absolute atomic E-state index is 0. The van der Waals surface area contributed by atoms with Gasteiger partial charge in [0.2, 0.25) is 0 Å². The molecule has 142 valence electrons. The quantitative estimate of drug-likeness (QED) is 0.815. The highest BCUT2D eigenvalue weighted by molar-refractivity contribution is 5.85. The Morgan fingerprint density at radius 2 is 1.92 bits per heavy atom. The van der Waals surface area contributed by atoms with Gasteiger partial charge in [-0.25, -0.2) is 4.39 Å². The van der Waals surface area contributed by atoms with Crippen LogP contribution in [0.1, 0.15) is 30.9 Å². The molecule has 1 fully saturated rings. The largest absolute Gasteiger partial charge is 0.472 e. The van der Waals surface area contributed by atoms with Crippen LogP contribution >= 0.6 is 12.4 Å². The summed E-state index contributed by atoms with van der Waals surface area (Å²) in [5.41, 5.74) is 1.56. The van der Waals surface area contributed by atoms with Crippen LogP contribution in [0.5, 0.6) is 5.75 Å². The van der Waals surface area contributed by atoms with Crippen LogP contribution in [0, 0.1) is 5.82 Å². The fraction of sp³-hybridized carbons (Fsp3) is 0.429. The van der Waals surface area contributed by atoms with Crippen molar-refractivity contribution in [3.8, 4) is 5.75 Å². The molecule has 2 atom stereocenters. The van der Waals surface area contributed by atoms with Crippen LogP contribution in [0.25, 0.3) is 0 Å². The summed E-state index contributed by atoms with van der Waals surface area (Å²) in [6, 6.07) is 14.9. The number of nitrogens with zero attached hydrogens (tertiary/aromatic N) is 1. The molecule has 1 heterocycles. The van der Waals surface area contributed by atoms with Gasteiger partial charge in [-0.05, 0) is 55.6 Å². The molecule has 1 N–H and O–H groups in total. The van der Waals surface area contributed by atoms with Gasteiger partial charge in [-0.15, -0.1) is 12.4 Å². The Labute approximate surface area is 161 Å². The van der Waals surface area contributed by atoms with Crippen molar-refractivity contribution >= 4 is 12.4 Å². The maximum absolute atomic E-state index is 13.8. The number of halogens is 2. The predicted octanol–water partition coefficient (Wildman–Crippen LogP) is 4.21. The summed E-state index contributed by atoms with van der Waals surface area (Å²) in [5, 5.41) is 10.0. The molecule has 0 aliphatic carbocycles. The van der Waals surface area contributed by atoms with E-state index in [9.17, 15) is 9.50 Å². The molecule has 2 aromatic rings. The Morgan fingerprint density at radius 3 is 2.54 bits per heavy atom. The summed E-state index contributed by atoms with van der Waals surface area (Å²) in [4.78, 5) is 2.06. The standard InChI is InChI=1S/C21H26FNO2.ClH/c1-3-21(14-19(24)15-23(21)2)25-20-12-11-18(22)13-17(20)10-9-16-7-5-4-6-8-16;/h4-8,11-13,19,24H,3,9-10,14-15H2,1-2H3;1H. The molecule has 5 heteroatoms. The second-order valence-electron chi connectivity index (χ2n) is 6.88. The highest BCUT2D eigenvalue weighted by atomic mass is 35.5. The number of aryl methyl sites for hydroxylation is 2. The van der Waals surface area contributed by atoms with Crippen molar-refractivity contribution in [3.63, 3.8) is 0 Å². The lowest BCUT2D eigenvalue weighted by Crippen LogP contribution is -2.46. The molecular formula is C21H27ClFNO2. The molecule has 0 aromatic heterocycles. The average Bonchev–Trinajstić information content (AvgIpc) is 2.90. The van der Waals surface area contributed by atoms with E-state index in [1.54, 1.807) is 12.1 Å². The van der Waals surface area contributed by atoms with Gasteiger partial charge in [-0.1, -0.05) is 37.3 Å². The summed E-state index contributed by atoms with van der Waals surface area (Å²) in [5.74, 6) is 0.459. The topological polar surface area (TPSA) is 32.7 Å². The Kier molecular flexibility index (Phi) is 7.04. The Balaban J connectivity index is 0.00000243. The summed E-state index contributed by atoms with van der Waals surface area (Å²) in [6.45, 7) is 2.65.